The van der Waals surface area contributed by atoms with Crippen molar-refractivity contribution in [3.05, 3.63) is 95.4 Å². The summed E-state index contributed by atoms with van der Waals surface area (Å²) >= 11 is 1.60. The van der Waals surface area contributed by atoms with Gasteiger partial charge < -0.3 is 35.4 Å². The molecule has 1 aliphatic heterocycles. The van der Waals surface area contributed by atoms with Gasteiger partial charge in [0.1, 0.15) is 29.3 Å². The van der Waals surface area contributed by atoms with Gasteiger partial charge in [-0.15, -0.1) is 11.3 Å². The molecule has 15 nitrogen and oxygen atoms in total. The summed E-state index contributed by atoms with van der Waals surface area (Å²) in [5.74, 6) is 0.0778. The van der Waals surface area contributed by atoms with Crippen LogP contribution in [0.25, 0.3) is 21.8 Å². The molecule has 0 unspecified atom stereocenters. The van der Waals surface area contributed by atoms with Crippen LogP contribution in [0, 0.1) is 12.3 Å². The Hall–Kier alpha value is -6.13. The lowest BCUT2D eigenvalue weighted by molar-refractivity contribution is -0.143. The first-order valence-electron chi connectivity index (χ1n) is 23.1. The van der Waals surface area contributed by atoms with Gasteiger partial charge in [0.15, 0.2) is 0 Å². The van der Waals surface area contributed by atoms with Crippen molar-refractivity contribution in [2.24, 2.45) is 5.41 Å². The average molecular weight is 919 g/mol. The number of ether oxygens (including phenoxy) is 2. The van der Waals surface area contributed by atoms with Gasteiger partial charge in [-0.25, -0.2) is 9.97 Å². The van der Waals surface area contributed by atoms with E-state index in [1.54, 1.807) is 64.9 Å². The van der Waals surface area contributed by atoms with E-state index in [0.29, 0.717) is 93.2 Å². The van der Waals surface area contributed by atoms with Gasteiger partial charge >= 0.3 is 0 Å². The number of pyridine rings is 1. The number of aliphatic hydroxyl groups is 1. The van der Waals surface area contributed by atoms with Crippen LogP contribution in [0.15, 0.2) is 78.4 Å². The van der Waals surface area contributed by atoms with Gasteiger partial charge in [-0.2, -0.15) is 5.10 Å². The van der Waals surface area contributed by atoms with E-state index in [9.17, 15) is 24.3 Å². The van der Waals surface area contributed by atoms with E-state index in [0.717, 1.165) is 41.0 Å². The number of likely N-dealkylation sites (tertiary alicyclic amines) is 1. The van der Waals surface area contributed by atoms with Crippen molar-refractivity contribution in [3.8, 4) is 33.3 Å². The average Bonchev–Trinajstić information content (AvgIpc) is 4.12. The fourth-order valence-corrected chi connectivity index (χ4v) is 9.19. The largest absolute Gasteiger partial charge is 0.493 e. The quantitative estimate of drug-likeness (QED) is 0.0506. The molecule has 0 bridgehead atoms. The van der Waals surface area contributed by atoms with Crippen LogP contribution in [0.1, 0.15) is 113 Å². The Morgan fingerprint density at radius 3 is 2.47 bits per heavy atom. The van der Waals surface area contributed by atoms with Crippen molar-refractivity contribution in [2.75, 3.05) is 18.5 Å². The minimum absolute atomic E-state index is 0.112. The molecule has 4 amide bonds. The highest BCUT2D eigenvalue weighted by Crippen LogP contribution is 2.34. The zero-order valence-electron chi connectivity index (χ0n) is 38.3. The van der Waals surface area contributed by atoms with Gasteiger partial charge in [0.05, 0.1) is 52.0 Å². The maximum Gasteiger partial charge on any atom is 0.274 e. The Bertz CT molecular complexity index is 2410. The molecule has 16 heteroatoms. The van der Waals surface area contributed by atoms with E-state index in [4.69, 9.17) is 9.47 Å². The summed E-state index contributed by atoms with van der Waals surface area (Å²) in [6, 6.07) is 19.0. The summed E-state index contributed by atoms with van der Waals surface area (Å²) in [6.07, 6.45) is 8.48. The van der Waals surface area contributed by atoms with Crippen LogP contribution in [0.3, 0.4) is 0 Å². The van der Waals surface area contributed by atoms with E-state index in [1.165, 1.54) is 0 Å². The molecule has 350 valence electrons. The molecule has 2 aromatic carbocycles. The third-order valence-corrected chi connectivity index (χ3v) is 13.1. The van der Waals surface area contributed by atoms with Gasteiger partial charge in [-0.3, -0.25) is 24.3 Å². The van der Waals surface area contributed by atoms with E-state index in [-0.39, 0.29) is 48.0 Å². The molecule has 2 aliphatic rings. The van der Waals surface area contributed by atoms with Crippen molar-refractivity contribution in [2.45, 2.75) is 129 Å². The molecule has 1 saturated carbocycles. The van der Waals surface area contributed by atoms with Crippen molar-refractivity contribution in [3.63, 3.8) is 0 Å². The summed E-state index contributed by atoms with van der Waals surface area (Å²) in [6.45, 7) is 9.04. The third-order valence-electron chi connectivity index (χ3n) is 12.1. The molecule has 1 aliphatic carbocycles. The highest BCUT2D eigenvalue weighted by atomic mass is 32.1. The number of unbranched alkanes of at least 4 members (excludes halogenated alkanes) is 3. The Labute approximate surface area is 390 Å². The monoisotopic (exact) mass is 918 g/mol. The van der Waals surface area contributed by atoms with Crippen molar-refractivity contribution >= 4 is 40.7 Å². The number of anilines is 1. The number of nitrogens with one attached hydrogen (secondary N) is 4. The lowest BCUT2D eigenvalue weighted by Gasteiger charge is -2.35. The number of amides is 4. The molecule has 3 aromatic heterocycles. The fraction of sp³-hybridized carbons (Fsp3) is 0.460. The maximum absolute atomic E-state index is 14.0. The van der Waals surface area contributed by atoms with Crippen LogP contribution in [0.5, 0.6) is 11.5 Å². The number of rotatable bonds is 19. The van der Waals surface area contributed by atoms with Crippen LogP contribution in [0.4, 0.5) is 5.69 Å². The first-order valence-corrected chi connectivity index (χ1v) is 24.0. The van der Waals surface area contributed by atoms with Crippen molar-refractivity contribution in [1.82, 2.24) is 35.7 Å². The first kappa shape index (κ1) is 47.8. The molecule has 4 heterocycles. The standard InChI is InChI=1S/C50H62N8O7S/c1-32-45(66-31-52-32)34-17-15-33(16-18-34)30-51-48(62)42-13-10-27-58(42)49(63)46(50(2,3)4)56-44(60)14-7-5-6-8-28-64-37-23-24-40(43(29-37)65-36-21-19-35(59)20-22-36)55-47(61)41-12-9-11-38(54-41)39-25-26-53-57-39/h9,11-12,15-18,23-26,29,31,35-36,42,46,59H,5-8,10,13-14,19-22,27-28,30H2,1-4H3,(H,51,62)(H,53,57)(H,55,61)(H,56,60)/t35?,36?,42-,46+/m0/s1. The van der Waals surface area contributed by atoms with Crippen LogP contribution in [-0.4, -0.2) is 91.2 Å². The molecule has 66 heavy (non-hydrogen) atoms. The first-order chi connectivity index (χ1) is 31.8. The summed E-state index contributed by atoms with van der Waals surface area (Å²) < 4.78 is 12.5. The number of thiazole rings is 1. The van der Waals surface area contributed by atoms with Crippen LogP contribution in [0.2, 0.25) is 0 Å². The summed E-state index contributed by atoms with van der Waals surface area (Å²) in [5.41, 5.74) is 6.34. The number of nitrogens with zero attached hydrogens (tertiary/aromatic N) is 4. The predicted octanol–water partition coefficient (Wildman–Crippen LogP) is 8.01. The molecule has 7 rings (SSSR count). The topological polar surface area (TPSA) is 201 Å². The molecule has 0 radical (unpaired) electrons. The second kappa shape index (κ2) is 22.4. The lowest BCUT2D eigenvalue weighted by Crippen LogP contribution is -2.57. The summed E-state index contributed by atoms with van der Waals surface area (Å²) in [4.78, 5) is 65.7. The van der Waals surface area contributed by atoms with E-state index in [2.05, 4.69) is 36.1 Å². The molecule has 5 N–H and O–H groups in total. The molecule has 2 fully saturated rings. The minimum atomic E-state index is -0.775. The fourth-order valence-electron chi connectivity index (χ4n) is 8.37. The number of benzene rings is 2. The van der Waals surface area contributed by atoms with Crippen LogP contribution < -0.4 is 25.4 Å². The number of aromatic nitrogens is 4. The second-order valence-electron chi connectivity index (χ2n) is 18.3. The highest BCUT2D eigenvalue weighted by molar-refractivity contribution is 7.13. The zero-order chi connectivity index (χ0) is 46.6. The number of aromatic amines is 1. The lowest BCUT2D eigenvalue weighted by atomic mass is 9.85. The summed E-state index contributed by atoms with van der Waals surface area (Å²) in [5, 5.41) is 25.9. The second-order valence-corrected chi connectivity index (χ2v) is 19.1. The molecule has 2 atom stereocenters. The predicted molar refractivity (Wildman–Crippen MR) is 254 cm³/mol. The number of carbonyl (C=O) groups excluding carboxylic acids is 4. The van der Waals surface area contributed by atoms with Gasteiger partial charge in [0, 0.05) is 31.8 Å². The highest BCUT2D eigenvalue weighted by Gasteiger charge is 2.41. The molecule has 1 saturated heterocycles. The Morgan fingerprint density at radius 1 is 0.955 bits per heavy atom. The molecule has 0 spiro atoms. The van der Waals surface area contributed by atoms with Crippen molar-refractivity contribution in [1.29, 1.82) is 0 Å². The number of hydrogen-bond donors (Lipinski definition) is 5. The van der Waals surface area contributed by atoms with Gasteiger partial charge in [-0.1, -0.05) is 63.9 Å². The number of hydrogen-bond acceptors (Lipinski definition) is 11. The normalized spacial score (nSPS) is 17.8. The maximum atomic E-state index is 14.0. The molecular formula is C50H62N8O7S. The summed E-state index contributed by atoms with van der Waals surface area (Å²) in [7, 11) is 0. The van der Waals surface area contributed by atoms with E-state index in [1.807, 2.05) is 57.5 Å². The van der Waals surface area contributed by atoms with E-state index >= 15 is 0 Å². The molecule has 5 aromatic rings. The number of aryl methyl sites for hydroxylation is 1. The van der Waals surface area contributed by atoms with Crippen LogP contribution in [-0.2, 0) is 20.9 Å². The van der Waals surface area contributed by atoms with Gasteiger partial charge in [0.2, 0.25) is 17.7 Å². The van der Waals surface area contributed by atoms with Gasteiger partial charge in [0.25, 0.3) is 5.91 Å². The zero-order valence-corrected chi connectivity index (χ0v) is 39.1. The van der Waals surface area contributed by atoms with Crippen molar-refractivity contribution < 1.29 is 33.8 Å². The molecular weight excluding hydrogens is 857 g/mol. The number of H-pyrrole nitrogens is 1. The Balaban J connectivity index is 0.855. The third kappa shape index (κ3) is 12.8. The van der Waals surface area contributed by atoms with Crippen LogP contribution >= 0.6 is 11.3 Å². The van der Waals surface area contributed by atoms with Gasteiger partial charge in [-0.05, 0) is 105 Å². The Kier molecular flexibility index (Phi) is 16.2. The number of carbonyl (C=O) groups is 4. The number of aliphatic hydroxyl groups excluding tert-OH is 1. The Morgan fingerprint density at radius 2 is 1.74 bits per heavy atom. The SMILES string of the molecule is Cc1ncsc1-c1ccc(CNC(=O)[C@@H]2CCCN2C(=O)[C@@H](NC(=O)CCCCCCOc2ccc(NC(=O)c3cccc(-c4ccn[nH]4)n3)c(OC3CCC(O)CC3)c2)C(C)(C)C)cc1. The smallest absolute Gasteiger partial charge is 0.274 e. The minimum Gasteiger partial charge on any atom is -0.493 e. The van der Waals surface area contributed by atoms with E-state index < -0.39 is 17.5 Å².